The van der Waals surface area contributed by atoms with Gasteiger partial charge in [-0.1, -0.05) is 20.8 Å². The number of carbonyl (C=O) groups excluding carboxylic acids is 1. The van der Waals surface area contributed by atoms with Gasteiger partial charge in [0.25, 0.3) is 11.5 Å². The van der Waals surface area contributed by atoms with Gasteiger partial charge in [0.15, 0.2) is 10.8 Å². The smallest absolute Gasteiger partial charge is 0.287 e. The van der Waals surface area contributed by atoms with Gasteiger partial charge in [-0.25, -0.2) is 14.5 Å². The van der Waals surface area contributed by atoms with Crippen molar-refractivity contribution in [2.45, 2.75) is 39.3 Å². The summed E-state index contributed by atoms with van der Waals surface area (Å²) in [5, 5.41) is 17.0. The van der Waals surface area contributed by atoms with Crippen LogP contribution in [0.25, 0.3) is 11.3 Å². The average Bonchev–Trinajstić information content (AvgIpc) is 3.49. The van der Waals surface area contributed by atoms with Crippen molar-refractivity contribution >= 4 is 34.4 Å². The fourth-order valence-electron chi connectivity index (χ4n) is 3.92. The maximum Gasteiger partial charge on any atom is 0.287 e. The van der Waals surface area contributed by atoms with Gasteiger partial charge in [0.2, 0.25) is 0 Å². The van der Waals surface area contributed by atoms with Crippen molar-refractivity contribution in [3.63, 3.8) is 0 Å². The number of hydrogen-bond donors (Lipinski definition) is 3. The number of aromatic nitrogens is 5. The number of benzene rings is 1. The summed E-state index contributed by atoms with van der Waals surface area (Å²) in [4.78, 5) is 32.5. The third kappa shape index (κ3) is 5.30. The van der Waals surface area contributed by atoms with Crippen molar-refractivity contribution in [2.75, 3.05) is 24.2 Å². The number of likely N-dealkylation sites (N-methyl/N-ethyl adjacent to an activating group) is 1. The molecule has 5 rings (SSSR count). The van der Waals surface area contributed by atoms with Crippen molar-refractivity contribution in [2.24, 2.45) is 0 Å². The standard InChI is InChI=1S/C25H27FN8O2S/c1-25(2,3)20-12-27-24(37-20)23(36)29-18-9-14(5-6-16(18)26)17-11-19(22(35)31-30-17)28-21-10-15-13-33(4)7-8-34(15)32-21/h5-6,9-12H,7-8,13H2,1-4H3,(H,29,36)(H,31,35)(H,28,30,32). The number of amides is 1. The molecular weight excluding hydrogens is 495 g/mol. The van der Waals surface area contributed by atoms with Gasteiger partial charge in [0.1, 0.15) is 11.5 Å². The van der Waals surface area contributed by atoms with Gasteiger partial charge in [0, 0.05) is 35.8 Å². The molecule has 0 unspecified atom stereocenters. The molecule has 0 spiro atoms. The van der Waals surface area contributed by atoms with Crippen LogP contribution in [0.5, 0.6) is 0 Å². The zero-order valence-corrected chi connectivity index (χ0v) is 21.7. The normalized spacial score (nSPS) is 13.9. The van der Waals surface area contributed by atoms with Crippen LogP contribution in [0.2, 0.25) is 0 Å². The number of rotatable bonds is 5. The second-order valence-electron chi connectivity index (χ2n) is 10.0. The van der Waals surface area contributed by atoms with E-state index in [2.05, 4.69) is 35.8 Å². The highest BCUT2D eigenvalue weighted by atomic mass is 32.1. The lowest BCUT2D eigenvalue weighted by Crippen LogP contribution is -2.30. The van der Waals surface area contributed by atoms with E-state index >= 15 is 0 Å². The van der Waals surface area contributed by atoms with Gasteiger partial charge in [-0.3, -0.25) is 19.2 Å². The van der Waals surface area contributed by atoms with Crippen molar-refractivity contribution < 1.29 is 9.18 Å². The molecule has 1 amide bonds. The molecule has 10 nitrogen and oxygen atoms in total. The maximum atomic E-state index is 14.6. The van der Waals surface area contributed by atoms with E-state index < -0.39 is 17.3 Å². The number of carbonyl (C=O) groups is 1. The minimum Gasteiger partial charge on any atom is -0.334 e. The fraction of sp³-hybridized carbons (Fsp3) is 0.320. The summed E-state index contributed by atoms with van der Waals surface area (Å²) in [6, 6.07) is 7.72. The summed E-state index contributed by atoms with van der Waals surface area (Å²) in [5.41, 5.74) is 1.64. The Labute approximate surface area is 216 Å². The molecule has 1 aromatic carbocycles. The topological polar surface area (TPSA) is 121 Å². The van der Waals surface area contributed by atoms with Gasteiger partial charge < -0.3 is 10.6 Å². The Kier molecular flexibility index (Phi) is 6.38. The quantitative estimate of drug-likeness (QED) is 0.363. The van der Waals surface area contributed by atoms with E-state index in [1.165, 1.54) is 29.5 Å². The number of fused-ring (bicyclic) bond motifs is 1. The molecule has 0 fully saturated rings. The van der Waals surface area contributed by atoms with Crippen LogP contribution in [0, 0.1) is 5.82 Å². The number of anilines is 3. The summed E-state index contributed by atoms with van der Waals surface area (Å²) in [6.07, 6.45) is 1.67. The van der Waals surface area contributed by atoms with Crippen LogP contribution in [-0.4, -0.2) is 49.4 Å². The Hall–Kier alpha value is -3.90. The SMILES string of the molecule is CN1CCn2nc(Nc3cc(-c4ccc(F)c(NC(=O)c5ncc(C(C)(C)C)s5)c4)n[nH]c3=O)cc2C1. The molecule has 1 aliphatic heterocycles. The van der Waals surface area contributed by atoms with E-state index in [1.54, 1.807) is 12.3 Å². The molecule has 0 saturated carbocycles. The maximum absolute atomic E-state index is 14.6. The predicted molar refractivity (Wildman–Crippen MR) is 141 cm³/mol. The zero-order valence-electron chi connectivity index (χ0n) is 20.9. The molecule has 0 radical (unpaired) electrons. The van der Waals surface area contributed by atoms with Crippen molar-refractivity contribution in [3.8, 4) is 11.3 Å². The minimum atomic E-state index is -0.596. The Morgan fingerprint density at radius 2 is 1.97 bits per heavy atom. The second-order valence-corrected chi connectivity index (χ2v) is 11.1. The van der Waals surface area contributed by atoms with Gasteiger partial charge in [-0.15, -0.1) is 11.3 Å². The predicted octanol–water partition coefficient (Wildman–Crippen LogP) is 3.97. The molecular formula is C25H27FN8O2S. The van der Waals surface area contributed by atoms with Crippen molar-refractivity contribution in [3.05, 3.63) is 68.3 Å². The van der Waals surface area contributed by atoms with E-state index in [1.807, 2.05) is 38.6 Å². The number of nitrogens with zero attached hydrogens (tertiary/aromatic N) is 5. The van der Waals surface area contributed by atoms with Crippen LogP contribution in [-0.2, 0) is 18.5 Å². The Balaban J connectivity index is 1.38. The molecule has 192 valence electrons. The third-order valence-electron chi connectivity index (χ3n) is 6.00. The first-order chi connectivity index (χ1) is 17.6. The summed E-state index contributed by atoms with van der Waals surface area (Å²) in [5.74, 6) is -0.540. The Bertz CT molecular complexity index is 1530. The van der Waals surface area contributed by atoms with E-state index in [4.69, 9.17) is 0 Å². The summed E-state index contributed by atoms with van der Waals surface area (Å²) in [6.45, 7) is 8.54. The molecule has 0 atom stereocenters. The van der Waals surface area contributed by atoms with Gasteiger partial charge >= 0.3 is 0 Å². The molecule has 3 aromatic heterocycles. The van der Waals surface area contributed by atoms with Crippen LogP contribution in [0.4, 0.5) is 21.6 Å². The van der Waals surface area contributed by atoms with E-state index in [-0.39, 0.29) is 21.8 Å². The van der Waals surface area contributed by atoms with Crippen molar-refractivity contribution in [1.82, 2.24) is 29.9 Å². The highest BCUT2D eigenvalue weighted by molar-refractivity contribution is 7.13. The summed E-state index contributed by atoms with van der Waals surface area (Å²) in [7, 11) is 2.04. The summed E-state index contributed by atoms with van der Waals surface area (Å²) >= 11 is 1.27. The first-order valence-electron chi connectivity index (χ1n) is 11.8. The molecule has 0 bridgehead atoms. The van der Waals surface area contributed by atoms with Crippen LogP contribution in [0.1, 0.15) is 41.1 Å². The third-order valence-corrected chi connectivity index (χ3v) is 7.43. The fourth-order valence-corrected chi connectivity index (χ4v) is 4.79. The lowest BCUT2D eigenvalue weighted by atomic mass is 9.96. The second kappa shape index (κ2) is 9.52. The van der Waals surface area contributed by atoms with Crippen LogP contribution >= 0.6 is 11.3 Å². The van der Waals surface area contributed by atoms with E-state index in [0.717, 1.165) is 30.2 Å². The number of nitrogens with one attached hydrogen (secondary N) is 3. The number of thiazole rings is 1. The van der Waals surface area contributed by atoms with E-state index in [0.29, 0.717) is 17.1 Å². The minimum absolute atomic E-state index is 0.0107. The van der Waals surface area contributed by atoms with Crippen LogP contribution in [0.15, 0.2) is 41.3 Å². The molecule has 0 aliphatic carbocycles. The Morgan fingerprint density at radius 3 is 2.73 bits per heavy atom. The molecule has 4 aromatic rings. The number of H-pyrrole nitrogens is 1. The highest BCUT2D eigenvalue weighted by Gasteiger charge is 2.21. The lowest BCUT2D eigenvalue weighted by molar-refractivity contribution is 0.102. The molecule has 37 heavy (non-hydrogen) atoms. The lowest BCUT2D eigenvalue weighted by Gasteiger charge is -2.22. The Morgan fingerprint density at radius 1 is 1.16 bits per heavy atom. The van der Waals surface area contributed by atoms with Crippen LogP contribution < -0.4 is 16.2 Å². The average molecular weight is 523 g/mol. The first kappa shape index (κ1) is 24.8. The molecule has 12 heteroatoms. The van der Waals surface area contributed by atoms with E-state index in [9.17, 15) is 14.0 Å². The monoisotopic (exact) mass is 522 g/mol. The van der Waals surface area contributed by atoms with Gasteiger partial charge in [0.05, 0.1) is 23.6 Å². The zero-order chi connectivity index (χ0) is 26.3. The van der Waals surface area contributed by atoms with Crippen LogP contribution in [0.3, 0.4) is 0 Å². The van der Waals surface area contributed by atoms with Crippen molar-refractivity contribution in [1.29, 1.82) is 0 Å². The summed E-state index contributed by atoms with van der Waals surface area (Å²) < 4.78 is 16.5. The van der Waals surface area contributed by atoms with Gasteiger partial charge in [-0.05, 0) is 36.7 Å². The molecule has 4 heterocycles. The highest BCUT2D eigenvalue weighted by Crippen LogP contribution is 2.29. The number of halogens is 1. The number of aromatic amines is 1. The molecule has 3 N–H and O–H groups in total. The number of hydrogen-bond acceptors (Lipinski definition) is 8. The molecule has 0 saturated heterocycles. The first-order valence-corrected chi connectivity index (χ1v) is 12.6. The van der Waals surface area contributed by atoms with Gasteiger partial charge in [-0.2, -0.15) is 10.2 Å². The molecule has 1 aliphatic rings. The largest absolute Gasteiger partial charge is 0.334 e.